The lowest BCUT2D eigenvalue weighted by Crippen LogP contribution is -2.12. The monoisotopic (exact) mass is 271 g/mol. The molecule has 0 aliphatic carbocycles. The number of nitrogens with zero attached hydrogens (tertiary/aromatic N) is 3. The number of benzene rings is 2. The molecule has 5 nitrogen and oxygen atoms in total. The van der Waals surface area contributed by atoms with E-state index in [9.17, 15) is 14.5 Å². The zero-order chi connectivity index (χ0) is 14.7. The molecule has 100 valence electrons. The van der Waals surface area contributed by atoms with Crippen LogP contribution in [0, 0.1) is 27.3 Å². The van der Waals surface area contributed by atoms with Crippen molar-refractivity contribution in [3.8, 4) is 6.07 Å². The minimum Gasteiger partial charge on any atom is -0.339 e. The molecule has 6 heteroatoms. The second-order valence-corrected chi connectivity index (χ2v) is 4.09. The van der Waals surface area contributed by atoms with E-state index in [1.165, 1.54) is 17.0 Å². The van der Waals surface area contributed by atoms with Crippen molar-refractivity contribution in [2.45, 2.75) is 0 Å². The van der Waals surface area contributed by atoms with Crippen molar-refractivity contribution in [2.24, 2.45) is 0 Å². The summed E-state index contributed by atoms with van der Waals surface area (Å²) in [5, 5.41) is 19.9. The maximum absolute atomic E-state index is 13.6. The minimum atomic E-state index is -0.893. The van der Waals surface area contributed by atoms with Gasteiger partial charge in [0.2, 0.25) is 5.82 Å². The Morgan fingerprint density at radius 3 is 2.65 bits per heavy atom. The highest BCUT2D eigenvalue weighted by atomic mass is 19.1. The minimum absolute atomic E-state index is 0.130. The van der Waals surface area contributed by atoms with E-state index < -0.39 is 16.4 Å². The lowest BCUT2D eigenvalue weighted by Gasteiger charge is -2.19. The van der Waals surface area contributed by atoms with Crippen LogP contribution in [0.4, 0.5) is 21.5 Å². The number of nitriles is 1. The third-order valence-corrected chi connectivity index (χ3v) is 2.87. The van der Waals surface area contributed by atoms with Gasteiger partial charge in [-0.1, -0.05) is 12.1 Å². The molecule has 0 saturated carbocycles. The Kier molecular flexibility index (Phi) is 3.62. The highest BCUT2D eigenvalue weighted by Gasteiger charge is 2.23. The van der Waals surface area contributed by atoms with Crippen molar-refractivity contribution in [3.05, 3.63) is 64.0 Å². The summed E-state index contributed by atoms with van der Waals surface area (Å²) in [5.74, 6) is -0.893. The largest absolute Gasteiger partial charge is 0.339 e. The van der Waals surface area contributed by atoms with Crippen molar-refractivity contribution >= 4 is 17.1 Å². The molecule has 0 unspecified atom stereocenters. The molecule has 2 rings (SSSR count). The fraction of sp³-hybridized carbons (Fsp3) is 0.0714. The van der Waals surface area contributed by atoms with Gasteiger partial charge in [-0.3, -0.25) is 10.1 Å². The average Bonchev–Trinajstić information content (AvgIpc) is 2.45. The fourth-order valence-corrected chi connectivity index (χ4v) is 1.88. The first kappa shape index (κ1) is 13.5. The van der Waals surface area contributed by atoms with Crippen molar-refractivity contribution in [2.75, 3.05) is 11.9 Å². The third kappa shape index (κ3) is 2.42. The molecule has 0 saturated heterocycles. The molecule has 0 fully saturated rings. The summed E-state index contributed by atoms with van der Waals surface area (Å²) in [5.41, 5.74) is 0.536. The van der Waals surface area contributed by atoms with Gasteiger partial charge in [-0.15, -0.1) is 0 Å². The molecule has 0 atom stereocenters. The van der Waals surface area contributed by atoms with Gasteiger partial charge in [-0.25, -0.2) is 0 Å². The number of hydrogen-bond donors (Lipinski definition) is 0. The van der Waals surface area contributed by atoms with Crippen molar-refractivity contribution in [1.29, 1.82) is 5.26 Å². The van der Waals surface area contributed by atoms with Crippen molar-refractivity contribution < 1.29 is 9.31 Å². The summed E-state index contributed by atoms with van der Waals surface area (Å²) in [6.07, 6.45) is 0. The average molecular weight is 271 g/mol. The van der Waals surface area contributed by atoms with E-state index in [4.69, 9.17) is 5.26 Å². The summed E-state index contributed by atoms with van der Waals surface area (Å²) in [6.45, 7) is 0. The predicted octanol–water partition coefficient (Wildman–Crippen LogP) is 3.37. The van der Waals surface area contributed by atoms with Crippen LogP contribution in [-0.4, -0.2) is 12.0 Å². The second-order valence-electron chi connectivity index (χ2n) is 4.09. The van der Waals surface area contributed by atoms with Crippen LogP contribution in [0.3, 0.4) is 0 Å². The predicted molar refractivity (Wildman–Crippen MR) is 72.3 cm³/mol. The van der Waals surface area contributed by atoms with Gasteiger partial charge < -0.3 is 4.90 Å². The number of nitro groups is 1. The summed E-state index contributed by atoms with van der Waals surface area (Å²) < 4.78 is 13.6. The number of nitro benzene ring substituents is 1. The quantitative estimate of drug-likeness (QED) is 0.633. The Morgan fingerprint density at radius 1 is 1.30 bits per heavy atom. The van der Waals surface area contributed by atoms with E-state index >= 15 is 0 Å². The fourth-order valence-electron chi connectivity index (χ4n) is 1.88. The maximum Gasteiger partial charge on any atom is 0.328 e. The van der Waals surface area contributed by atoms with E-state index in [2.05, 4.69) is 0 Å². The Morgan fingerprint density at radius 2 is 2.00 bits per heavy atom. The molecule has 0 heterocycles. The van der Waals surface area contributed by atoms with E-state index in [1.54, 1.807) is 31.3 Å². The SMILES string of the molecule is CN(c1cccc(C#N)c1)c1cccc(F)c1[N+](=O)[O-]. The standard InChI is InChI=1S/C14H10FN3O2/c1-17(11-5-2-4-10(8-11)9-16)13-7-3-6-12(15)14(13)18(19)20/h2-8H,1H3. The molecule has 0 spiro atoms. The lowest BCUT2D eigenvalue weighted by atomic mass is 10.1. The van der Waals surface area contributed by atoms with Crippen LogP contribution in [0.25, 0.3) is 0 Å². The Labute approximate surface area is 114 Å². The maximum atomic E-state index is 13.6. The van der Waals surface area contributed by atoms with E-state index in [-0.39, 0.29) is 5.69 Å². The smallest absolute Gasteiger partial charge is 0.328 e. The molecule has 0 radical (unpaired) electrons. The molecule has 0 aliphatic heterocycles. The van der Waals surface area contributed by atoms with Crippen LogP contribution in [0.5, 0.6) is 0 Å². The molecule has 2 aromatic rings. The summed E-state index contributed by atoms with van der Waals surface area (Å²) in [4.78, 5) is 11.7. The topological polar surface area (TPSA) is 70.2 Å². The molecular formula is C14H10FN3O2. The van der Waals surface area contributed by atoms with Gasteiger partial charge in [-0.2, -0.15) is 9.65 Å². The molecule has 0 aromatic heterocycles. The molecule has 0 aliphatic rings. The molecule has 20 heavy (non-hydrogen) atoms. The highest BCUT2D eigenvalue weighted by Crippen LogP contribution is 2.34. The summed E-state index contributed by atoms with van der Waals surface area (Å²) in [7, 11) is 1.58. The number of rotatable bonds is 3. The number of anilines is 2. The molecular weight excluding hydrogens is 261 g/mol. The van der Waals surface area contributed by atoms with Crippen LogP contribution in [0.2, 0.25) is 0 Å². The van der Waals surface area contributed by atoms with Gasteiger partial charge in [0.1, 0.15) is 5.69 Å². The molecule has 0 N–H and O–H groups in total. The zero-order valence-corrected chi connectivity index (χ0v) is 10.6. The van der Waals surface area contributed by atoms with Gasteiger partial charge in [0.15, 0.2) is 0 Å². The third-order valence-electron chi connectivity index (χ3n) is 2.87. The van der Waals surface area contributed by atoms with Crippen LogP contribution < -0.4 is 4.90 Å². The van der Waals surface area contributed by atoms with Gasteiger partial charge in [0, 0.05) is 12.7 Å². The first-order valence-corrected chi connectivity index (χ1v) is 5.71. The van der Waals surface area contributed by atoms with Gasteiger partial charge in [0.05, 0.1) is 16.6 Å². The van der Waals surface area contributed by atoms with Crippen LogP contribution >= 0.6 is 0 Å². The number of hydrogen-bond acceptors (Lipinski definition) is 4. The lowest BCUT2D eigenvalue weighted by molar-refractivity contribution is -0.386. The number of para-hydroxylation sites is 1. The molecule has 0 bridgehead atoms. The molecule has 0 amide bonds. The van der Waals surface area contributed by atoms with Crippen LogP contribution in [0.15, 0.2) is 42.5 Å². The Bertz CT molecular complexity index is 710. The van der Waals surface area contributed by atoms with Crippen molar-refractivity contribution in [1.82, 2.24) is 0 Å². The van der Waals surface area contributed by atoms with Gasteiger partial charge in [-0.05, 0) is 30.3 Å². The second kappa shape index (κ2) is 5.36. The van der Waals surface area contributed by atoms with Crippen molar-refractivity contribution in [3.63, 3.8) is 0 Å². The van der Waals surface area contributed by atoms with Crippen LogP contribution in [0.1, 0.15) is 5.56 Å². The van der Waals surface area contributed by atoms with E-state index in [0.717, 1.165) is 6.07 Å². The van der Waals surface area contributed by atoms with E-state index in [1.807, 2.05) is 6.07 Å². The highest BCUT2D eigenvalue weighted by molar-refractivity contribution is 5.72. The molecule has 2 aromatic carbocycles. The first-order valence-electron chi connectivity index (χ1n) is 5.71. The Hall–Kier alpha value is -2.94. The van der Waals surface area contributed by atoms with Gasteiger partial charge >= 0.3 is 5.69 Å². The van der Waals surface area contributed by atoms with Crippen LogP contribution in [-0.2, 0) is 0 Å². The first-order chi connectivity index (χ1) is 9.54. The normalized spacial score (nSPS) is 9.85. The van der Waals surface area contributed by atoms with Gasteiger partial charge in [0.25, 0.3) is 0 Å². The number of halogens is 1. The Balaban J connectivity index is 2.54. The summed E-state index contributed by atoms with van der Waals surface area (Å²) >= 11 is 0. The van der Waals surface area contributed by atoms with E-state index in [0.29, 0.717) is 11.3 Å². The summed E-state index contributed by atoms with van der Waals surface area (Å²) in [6, 6.07) is 12.4. The zero-order valence-electron chi connectivity index (χ0n) is 10.6.